The number of rotatable bonds is 6. The molecule has 2 saturated heterocycles. The number of fused-ring (bicyclic) bond motifs is 1. The van der Waals surface area contributed by atoms with Crippen molar-refractivity contribution >= 4 is 25.3 Å². The van der Waals surface area contributed by atoms with Crippen molar-refractivity contribution in [2.75, 3.05) is 30.0 Å². The quantitative estimate of drug-likeness (QED) is 0.577. The number of halogens is 1. The number of nitrogens with one attached hydrogen (secondary N) is 1. The van der Waals surface area contributed by atoms with Gasteiger partial charge in [-0.25, -0.2) is 8.96 Å². The smallest absolute Gasteiger partial charge is 0.475 e. The van der Waals surface area contributed by atoms with Gasteiger partial charge in [-0.2, -0.15) is 9.97 Å². The fourth-order valence-electron chi connectivity index (χ4n) is 2.96. The van der Waals surface area contributed by atoms with Crippen molar-refractivity contribution in [2.45, 2.75) is 57.9 Å². The zero-order valence-electron chi connectivity index (χ0n) is 16.0. The van der Waals surface area contributed by atoms with Crippen LogP contribution in [0.2, 0.25) is 0 Å². The lowest BCUT2D eigenvalue weighted by atomic mass is 9.99. The van der Waals surface area contributed by atoms with Gasteiger partial charge in [-0.15, -0.1) is 0 Å². The standard InChI is InChI=1S/C15H25FN5O6P/c1-5-23-12-9(17)11(20-14(18)21-12)19-13-15(4,16)10-8(25-13)6-24-28(22,27-10)26-7(2)3/h7-8,10,13H,5-6,17H2,1-4H3,(H3,18,19,20,21). The highest BCUT2D eigenvalue weighted by Gasteiger charge is 2.61. The maximum Gasteiger partial charge on any atom is 0.475 e. The van der Waals surface area contributed by atoms with Gasteiger partial charge in [0.15, 0.2) is 17.7 Å². The summed E-state index contributed by atoms with van der Waals surface area (Å²) in [5, 5.41) is 2.76. The van der Waals surface area contributed by atoms with Crippen LogP contribution in [0.1, 0.15) is 27.7 Å². The highest BCUT2D eigenvalue weighted by Crippen LogP contribution is 2.58. The van der Waals surface area contributed by atoms with Crippen molar-refractivity contribution < 1.29 is 32.0 Å². The van der Waals surface area contributed by atoms with Gasteiger partial charge in [0.05, 0.1) is 19.3 Å². The number of hydrogen-bond acceptors (Lipinski definition) is 11. The maximum atomic E-state index is 15.6. The van der Waals surface area contributed by atoms with Crippen molar-refractivity contribution in [3.63, 3.8) is 0 Å². The van der Waals surface area contributed by atoms with Crippen LogP contribution < -0.4 is 21.5 Å². The van der Waals surface area contributed by atoms with Crippen LogP contribution >= 0.6 is 7.82 Å². The molecule has 1 aromatic heterocycles. The number of nitrogen functional groups attached to an aromatic ring is 2. The van der Waals surface area contributed by atoms with Gasteiger partial charge in [0, 0.05) is 0 Å². The third-order valence-corrected chi connectivity index (χ3v) is 5.80. The van der Waals surface area contributed by atoms with Gasteiger partial charge in [-0.3, -0.25) is 13.6 Å². The molecule has 0 spiro atoms. The summed E-state index contributed by atoms with van der Waals surface area (Å²) in [6, 6.07) is 0. The number of aromatic nitrogens is 2. The van der Waals surface area contributed by atoms with Crippen LogP contribution in [0.5, 0.6) is 5.88 Å². The molecule has 0 aliphatic carbocycles. The van der Waals surface area contributed by atoms with Crippen LogP contribution in [0.4, 0.5) is 21.8 Å². The molecule has 5 unspecified atom stereocenters. The molecule has 28 heavy (non-hydrogen) atoms. The number of alkyl halides is 1. The maximum absolute atomic E-state index is 15.6. The molecule has 5 atom stereocenters. The molecule has 11 nitrogen and oxygen atoms in total. The molecule has 3 heterocycles. The Morgan fingerprint density at radius 3 is 2.79 bits per heavy atom. The van der Waals surface area contributed by atoms with Crippen LogP contribution in [-0.4, -0.2) is 53.4 Å². The number of nitrogens with two attached hydrogens (primary N) is 2. The van der Waals surface area contributed by atoms with E-state index in [0.29, 0.717) is 6.61 Å². The monoisotopic (exact) mass is 421 g/mol. The summed E-state index contributed by atoms with van der Waals surface area (Å²) in [6.07, 6.45) is -3.65. The third kappa shape index (κ3) is 4.01. The minimum Gasteiger partial charge on any atom is -0.476 e. The first-order valence-corrected chi connectivity index (χ1v) is 10.3. The summed E-state index contributed by atoms with van der Waals surface area (Å²) in [5.41, 5.74) is 9.60. The normalized spacial score (nSPS) is 35.0. The van der Waals surface area contributed by atoms with Crippen LogP contribution in [0.3, 0.4) is 0 Å². The molecule has 13 heteroatoms. The highest BCUT2D eigenvalue weighted by atomic mass is 31.2. The summed E-state index contributed by atoms with van der Waals surface area (Å²) >= 11 is 0. The molecule has 2 fully saturated rings. The summed E-state index contributed by atoms with van der Waals surface area (Å²) in [5.74, 6) is 0.0134. The van der Waals surface area contributed by atoms with E-state index >= 15 is 4.39 Å². The van der Waals surface area contributed by atoms with Crippen molar-refractivity contribution in [3.8, 4) is 5.88 Å². The van der Waals surface area contributed by atoms with E-state index in [-0.39, 0.29) is 29.9 Å². The number of anilines is 3. The number of ether oxygens (including phenoxy) is 2. The Bertz CT molecular complexity index is 782. The number of hydrogen-bond donors (Lipinski definition) is 3. The molecule has 0 bridgehead atoms. The Balaban J connectivity index is 1.82. The minimum atomic E-state index is -3.90. The molecular formula is C15H25FN5O6P. The number of phosphoric ester groups is 1. The molecule has 0 saturated carbocycles. The van der Waals surface area contributed by atoms with E-state index in [9.17, 15) is 4.57 Å². The SMILES string of the molecule is CCOc1nc(N)nc(NC2OC3COP(=O)(OC(C)C)OC3C2(C)F)c1N. The van der Waals surface area contributed by atoms with Crippen LogP contribution in [0.25, 0.3) is 0 Å². The average molecular weight is 421 g/mol. The van der Waals surface area contributed by atoms with Crippen LogP contribution in [0, 0.1) is 0 Å². The minimum absolute atomic E-state index is 0.0472. The van der Waals surface area contributed by atoms with Gasteiger partial charge in [-0.05, 0) is 27.7 Å². The van der Waals surface area contributed by atoms with Gasteiger partial charge in [-0.1, -0.05) is 0 Å². The van der Waals surface area contributed by atoms with E-state index in [1.165, 1.54) is 6.92 Å². The predicted octanol–water partition coefficient (Wildman–Crippen LogP) is 1.85. The fourth-order valence-corrected chi connectivity index (χ4v) is 4.60. The first kappa shape index (κ1) is 21.0. The van der Waals surface area contributed by atoms with E-state index in [2.05, 4.69) is 15.3 Å². The Labute approximate surface area is 161 Å². The Kier molecular flexibility index (Phi) is 5.70. The van der Waals surface area contributed by atoms with Crippen molar-refractivity contribution in [1.29, 1.82) is 0 Å². The predicted molar refractivity (Wildman–Crippen MR) is 98.5 cm³/mol. The molecule has 5 N–H and O–H groups in total. The highest BCUT2D eigenvalue weighted by molar-refractivity contribution is 7.48. The van der Waals surface area contributed by atoms with E-state index in [1.807, 2.05) is 0 Å². The summed E-state index contributed by atoms with van der Waals surface area (Å²) in [7, 11) is -3.90. The molecule has 0 aromatic carbocycles. The number of nitrogens with zero attached hydrogens (tertiary/aromatic N) is 2. The van der Waals surface area contributed by atoms with Crippen molar-refractivity contribution in [1.82, 2.24) is 9.97 Å². The second kappa shape index (κ2) is 7.60. The molecule has 0 amide bonds. The third-order valence-electron chi connectivity index (χ3n) is 4.17. The summed E-state index contributed by atoms with van der Waals surface area (Å²) in [4.78, 5) is 7.88. The van der Waals surface area contributed by atoms with Gasteiger partial charge in [0.2, 0.25) is 11.8 Å². The zero-order valence-corrected chi connectivity index (χ0v) is 16.9. The molecule has 2 aliphatic heterocycles. The zero-order chi connectivity index (χ0) is 20.7. The molecule has 2 aliphatic rings. The summed E-state index contributed by atoms with van der Waals surface area (Å²) < 4.78 is 54.9. The van der Waals surface area contributed by atoms with E-state index in [0.717, 1.165) is 0 Å². The lowest BCUT2D eigenvalue weighted by molar-refractivity contribution is -0.0650. The van der Waals surface area contributed by atoms with Gasteiger partial charge < -0.3 is 26.3 Å². The van der Waals surface area contributed by atoms with Crippen LogP contribution in [0.15, 0.2) is 0 Å². The fraction of sp³-hybridized carbons (Fsp3) is 0.733. The first-order valence-electron chi connectivity index (χ1n) is 8.83. The molecule has 158 valence electrons. The summed E-state index contributed by atoms with van der Waals surface area (Å²) in [6.45, 7) is 6.49. The molecule has 0 radical (unpaired) electrons. The molecular weight excluding hydrogens is 396 g/mol. The lowest BCUT2D eigenvalue weighted by Gasteiger charge is -2.34. The Hall–Kier alpha value is -1.72. The second-order valence-electron chi connectivity index (χ2n) is 6.86. The second-order valence-corrected chi connectivity index (χ2v) is 8.43. The topological polar surface area (TPSA) is 153 Å². The van der Waals surface area contributed by atoms with Gasteiger partial charge in [0.1, 0.15) is 17.9 Å². The lowest BCUT2D eigenvalue weighted by Crippen LogP contribution is -2.47. The van der Waals surface area contributed by atoms with Crippen LogP contribution in [-0.2, 0) is 22.9 Å². The molecule has 3 rings (SSSR count). The van der Waals surface area contributed by atoms with E-state index in [4.69, 9.17) is 34.5 Å². The first-order chi connectivity index (χ1) is 13.1. The van der Waals surface area contributed by atoms with Gasteiger partial charge in [0.25, 0.3) is 0 Å². The van der Waals surface area contributed by atoms with Crippen molar-refractivity contribution in [2.24, 2.45) is 0 Å². The Morgan fingerprint density at radius 2 is 2.14 bits per heavy atom. The van der Waals surface area contributed by atoms with E-state index in [1.54, 1.807) is 20.8 Å². The van der Waals surface area contributed by atoms with Crippen molar-refractivity contribution in [3.05, 3.63) is 0 Å². The largest absolute Gasteiger partial charge is 0.476 e. The van der Waals surface area contributed by atoms with Gasteiger partial charge >= 0.3 is 7.82 Å². The molecule has 1 aromatic rings. The van der Waals surface area contributed by atoms with E-state index < -0.39 is 38.0 Å². The Morgan fingerprint density at radius 1 is 1.43 bits per heavy atom. The average Bonchev–Trinajstić information content (AvgIpc) is 2.81. The number of phosphoric acid groups is 1.